The first-order valence-corrected chi connectivity index (χ1v) is 6.49. The van der Waals surface area contributed by atoms with Crippen molar-refractivity contribution >= 4 is 11.6 Å². The normalized spacial score (nSPS) is 11.9. The molecule has 0 heterocycles. The van der Waals surface area contributed by atoms with Gasteiger partial charge in [0.15, 0.2) is 0 Å². The lowest BCUT2D eigenvalue weighted by molar-refractivity contribution is -0.116. The van der Waals surface area contributed by atoms with E-state index < -0.39 is 0 Å². The monoisotopic (exact) mass is 272 g/mol. The summed E-state index contributed by atoms with van der Waals surface area (Å²) in [4.78, 5) is 12.0. The zero-order valence-corrected chi connectivity index (χ0v) is 11.1. The van der Waals surface area contributed by atoms with Crippen LogP contribution >= 0.6 is 0 Å². The molecule has 2 aromatic carbocycles. The third-order valence-corrected chi connectivity index (χ3v) is 3.12. The minimum absolute atomic E-state index is 0.0170. The van der Waals surface area contributed by atoms with E-state index in [0.29, 0.717) is 18.7 Å². The number of hydrogen-bond acceptors (Lipinski definition) is 2. The van der Waals surface area contributed by atoms with Crippen LogP contribution in [0.1, 0.15) is 17.9 Å². The molecule has 3 nitrogen and oxygen atoms in total. The fraction of sp³-hybridized carbons (Fsp3) is 0.188. The van der Waals surface area contributed by atoms with Gasteiger partial charge in [-0.1, -0.05) is 30.3 Å². The Balaban J connectivity index is 1.97. The van der Waals surface area contributed by atoms with Gasteiger partial charge in [-0.3, -0.25) is 4.79 Å². The van der Waals surface area contributed by atoms with Crippen LogP contribution in [0, 0.1) is 5.82 Å². The van der Waals surface area contributed by atoms with Gasteiger partial charge in [0.2, 0.25) is 5.91 Å². The smallest absolute Gasteiger partial charge is 0.225 e. The van der Waals surface area contributed by atoms with Crippen LogP contribution in [0.3, 0.4) is 0 Å². The summed E-state index contributed by atoms with van der Waals surface area (Å²) in [7, 11) is 0. The van der Waals surface area contributed by atoms with Crippen LogP contribution in [0.4, 0.5) is 10.1 Å². The second-order valence-electron chi connectivity index (χ2n) is 4.60. The van der Waals surface area contributed by atoms with Crippen LogP contribution in [0.25, 0.3) is 0 Å². The quantitative estimate of drug-likeness (QED) is 0.879. The van der Waals surface area contributed by atoms with Gasteiger partial charge >= 0.3 is 0 Å². The highest BCUT2D eigenvalue weighted by Gasteiger charge is 2.14. The first-order valence-electron chi connectivity index (χ1n) is 6.49. The van der Waals surface area contributed by atoms with Crippen LogP contribution in [0.5, 0.6) is 0 Å². The van der Waals surface area contributed by atoms with Crippen molar-refractivity contribution in [2.24, 2.45) is 5.73 Å². The molecule has 0 aromatic heterocycles. The van der Waals surface area contributed by atoms with Crippen molar-refractivity contribution in [3.63, 3.8) is 0 Å². The van der Waals surface area contributed by atoms with Crippen molar-refractivity contribution in [3.8, 4) is 0 Å². The van der Waals surface area contributed by atoms with Crippen molar-refractivity contribution in [3.05, 3.63) is 66.0 Å². The molecule has 1 atom stereocenters. The number of carbonyl (C=O) groups excluding carboxylic acids is 1. The fourth-order valence-corrected chi connectivity index (χ4v) is 2.03. The molecule has 0 spiro atoms. The summed E-state index contributed by atoms with van der Waals surface area (Å²) >= 11 is 0. The second-order valence-corrected chi connectivity index (χ2v) is 4.60. The van der Waals surface area contributed by atoms with Gasteiger partial charge in [-0.25, -0.2) is 4.39 Å². The zero-order valence-electron chi connectivity index (χ0n) is 11.1. The third-order valence-electron chi connectivity index (χ3n) is 3.12. The average molecular weight is 272 g/mol. The summed E-state index contributed by atoms with van der Waals surface area (Å²) in [5.74, 6) is -0.473. The summed E-state index contributed by atoms with van der Waals surface area (Å²) in [6.07, 6.45) is 0.303. The highest BCUT2D eigenvalue weighted by atomic mass is 19.1. The van der Waals surface area contributed by atoms with Gasteiger partial charge in [0.1, 0.15) is 5.82 Å². The van der Waals surface area contributed by atoms with E-state index in [4.69, 9.17) is 5.73 Å². The minimum atomic E-state index is -0.327. The van der Waals surface area contributed by atoms with Gasteiger partial charge in [0.25, 0.3) is 0 Å². The summed E-state index contributed by atoms with van der Waals surface area (Å²) < 4.78 is 12.8. The maximum atomic E-state index is 12.8. The highest BCUT2D eigenvalue weighted by molar-refractivity contribution is 5.91. The van der Waals surface area contributed by atoms with Crippen molar-refractivity contribution in [1.29, 1.82) is 0 Å². The van der Waals surface area contributed by atoms with Gasteiger partial charge in [-0.05, 0) is 36.4 Å². The number of nitrogens with one attached hydrogen (secondary N) is 1. The highest BCUT2D eigenvalue weighted by Crippen LogP contribution is 2.19. The molecule has 0 aliphatic heterocycles. The SMILES string of the molecule is NCC(CC(=O)Nc1ccc(F)cc1)c1ccccc1. The molecule has 0 saturated carbocycles. The van der Waals surface area contributed by atoms with E-state index in [1.165, 1.54) is 24.3 Å². The number of rotatable bonds is 5. The van der Waals surface area contributed by atoms with Crippen LogP contribution in [-0.2, 0) is 4.79 Å². The minimum Gasteiger partial charge on any atom is -0.330 e. The van der Waals surface area contributed by atoms with E-state index in [1.807, 2.05) is 30.3 Å². The average Bonchev–Trinajstić information content (AvgIpc) is 2.48. The van der Waals surface area contributed by atoms with E-state index >= 15 is 0 Å². The molecule has 0 aliphatic carbocycles. The van der Waals surface area contributed by atoms with Crippen molar-refractivity contribution in [2.75, 3.05) is 11.9 Å². The molecule has 1 amide bonds. The number of carbonyl (C=O) groups is 1. The first-order chi connectivity index (χ1) is 9.69. The van der Waals surface area contributed by atoms with Crippen LogP contribution in [-0.4, -0.2) is 12.5 Å². The van der Waals surface area contributed by atoms with E-state index in [-0.39, 0.29) is 17.6 Å². The number of hydrogen-bond donors (Lipinski definition) is 2. The van der Waals surface area contributed by atoms with Gasteiger partial charge in [0, 0.05) is 18.0 Å². The van der Waals surface area contributed by atoms with Gasteiger partial charge in [-0.2, -0.15) is 0 Å². The molecule has 104 valence electrons. The number of halogens is 1. The predicted octanol–water partition coefficient (Wildman–Crippen LogP) is 2.90. The number of anilines is 1. The predicted molar refractivity (Wildman–Crippen MR) is 77.9 cm³/mol. The lowest BCUT2D eigenvalue weighted by Gasteiger charge is -2.15. The van der Waals surface area contributed by atoms with Gasteiger partial charge in [0.05, 0.1) is 0 Å². The topological polar surface area (TPSA) is 55.1 Å². The first kappa shape index (κ1) is 14.2. The van der Waals surface area contributed by atoms with Gasteiger partial charge in [-0.15, -0.1) is 0 Å². The Morgan fingerprint density at radius 1 is 1.10 bits per heavy atom. The molecule has 0 radical (unpaired) electrons. The van der Waals surface area contributed by atoms with Crippen molar-refractivity contribution < 1.29 is 9.18 Å². The Labute approximate surface area is 117 Å². The van der Waals surface area contributed by atoms with E-state index in [0.717, 1.165) is 5.56 Å². The van der Waals surface area contributed by atoms with Crippen molar-refractivity contribution in [1.82, 2.24) is 0 Å². The molecular formula is C16H17FN2O. The molecule has 0 aliphatic rings. The second kappa shape index (κ2) is 6.82. The Morgan fingerprint density at radius 3 is 2.35 bits per heavy atom. The molecule has 4 heteroatoms. The van der Waals surface area contributed by atoms with E-state index in [9.17, 15) is 9.18 Å². The molecular weight excluding hydrogens is 255 g/mol. The standard InChI is InChI=1S/C16H17FN2O/c17-14-6-8-15(9-7-14)19-16(20)10-13(11-18)12-4-2-1-3-5-12/h1-9,13H,10-11,18H2,(H,19,20). The number of benzene rings is 2. The molecule has 0 saturated heterocycles. The summed E-state index contributed by atoms with van der Waals surface area (Å²) in [5, 5.41) is 2.74. The van der Waals surface area contributed by atoms with E-state index in [1.54, 1.807) is 0 Å². The Bertz CT molecular complexity index is 554. The van der Waals surface area contributed by atoms with Crippen LogP contribution in [0.2, 0.25) is 0 Å². The van der Waals surface area contributed by atoms with E-state index in [2.05, 4.69) is 5.32 Å². The third kappa shape index (κ3) is 3.90. The maximum Gasteiger partial charge on any atom is 0.225 e. The zero-order chi connectivity index (χ0) is 14.4. The van der Waals surface area contributed by atoms with Crippen LogP contribution < -0.4 is 11.1 Å². The lowest BCUT2D eigenvalue weighted by atomic mass is 9.95. The number of amides is 1. The summed E-state index contributed by atoms with van der Waals surface area (Å²) in [6.45, 7) is 0.404. The molecule has 2 aromatic rings. The van der Waals surface area contributed by atoms with Crippen molar-refractivity contribution in [2.45, 2.75) is 12.3 Å². The molecule has 0 bridgehead atoms. The Morgan fingerprint density at radius 2 is 1.75 bits per heavy atom. The lowest BCUT2D eigenvalue weighted by Crippen LogP contribution is -2.20. The van der Waals surface area contributed by atoms with Gasteiger partial charge < -0.3 is 11.1 Å². The summed E-state index contributed by atoms with van der Waals surface area (Å²) in [5.41, 5.74) is 7.37. The molecule has 0 fully saturated rings. The Hall–Kier alpha value is -2.20. The molecule has 3 N–H and O–H groups in total. The fourth-order valence-electron chi connectivity index (χ4n) is 2.03. The maximum absolute atomic E-state index is 12.8. The molecule has 2 rings (SSSR count). The number of nitrogens with two attached hydrogens (primary N) is 1. The molecule has 1 unspecified atom stereocenters. The largest absolute Gasteiger partial charge is 0.330 e. The molecule has 20 heavy (non-hydrogen) atoms. The summed E-state index contributed by atoms with van der Waals surface area (Å²) in [6, 6.07) is 15.4. The Kier molecular flexibility index (Phi) is 4.85. The van der Waals surface area contributed by atoms with Crippen LogP contribution in [0.15, 0.2) is 54.6 Å².